The van der Waals surface area contributed by atoms with Crippen molar-refractivity contribution in [2.45, 2.75) is 25.2 Å². The highest BCUT2D eigenvalue weighted by molar-refractivity contribution is 9.10. The van der Waals surface area contributed by atoms with Crippen LogP contribution in [-0.2, 0) is 4.79 Å². The van der Waals surface area contributed by atoms with Crippen LogP contribution < -0.4 is 10.6 Å². The van der Waals surface area contributed by atoms with Crippen LogP contribution in [0.15, 0.2) is 62.2 Å². The van der Waals surface area contributed by atoms with Crippen molar-refractivity contribution in [3.05, 3.63) is 73.5 Å². The van der Waals surface area contributed by atoms with Gasteiger partial charge in [-0.2, -0.15) is 16.6 Å². The topological polar surface area (TPSA) is 70.1 Å². The van der Waals surface area contributed by atoms with Crippen molar-refractivity contribution in [2.24, 2.45) is 5.73 Å². The second-order valence-corrected chi connectivity index (χ2v) is 8.16. The molecule has 2 heterocycles. The van der Waals surface area contributed by atoms with Gasteiger partial charge in [0.25, 0.3) is 0 Å². The lowest BCUT2D eigenvalue weighted by molar-refractivity contribution is -0.116. The SMILES string of the molecule is N#CC1=C(N)N(c2ccc(Br)cc2F)C2=C(C(=O)CCC2)[C@H]1c1ccsc1. The summed E-state index contributed by atoms with van der Waals surface area (Å²) in [5, 5.41) is 13.7. The summed E-state index contributed by atoms with van der Waals surface area (Å²) in [6, 6.07) is 8.76. The van der Waals surface area contributed by atoms with Crippen molar-refractivity contribution in [2.75, 3.05) is 4.90 Å². The van der Waals surface area contributed by atoms with Crippen LogP contribution in [0.1, 0.15) is 30.7 Å². The Balaban J connectivity index is 1.99. The van der Waals surface area contributed by atoms with Crippen LogP contribution in [0.2, 0.25) is 0 Å². The van der Waals surface area contributed by atoms with Gasteiger partial charge in [-0.15, -0.1) is 0 Å². The second kappa shape index (κ2) is 6.95. The maximum atomic E-state index is 14.7. The van der Waals surface area contributed by atoms with Gasteiger partial charge in [0.1, 0.15) is 11.6 Å². The lowest BCUT2D eigenvalue weighted by atomic mass is 9.76. The molecule has 0 unspecified atom stereocenters. The molecular formula is C20H15BrFN3OS. The molecule has 1 aromatic heterocycles. The van der Waals surface area contributed by atoms with Crippen molar-refractivity contribution in [3.8, 4) is 6.07 Å². The summed E-state index contributed by atoms with van der Waals surface area (Å²) in [5.41, 5.74) is 9.04. The minimum absolute atomic E-state index is 0.00443. The Labute approximate surface area is 168 Å². The van der Waals surface area contributed by atoms with Gasteiger partial charge in [-0.1, -0.05) is 15.9 Å². The van der Waals surface area contributed by atoms with E-state index in [9.17, 15) is 14.4 Å². The molecular weight excluding hydrogens is 429 g/mol. The number of allylic oxidation sites excluding steroid dienone is 3. The third-order valence-corrected chi connectivity index (χ3v) is 6.14. The molecule has 4 rings (SSSR count). The molecule has 1 aliphatic heterocycles. The molecule has 7 heteroatoms. The Kier molecular flexibility index (Phi) is 4.62. The third-order valence-electron chi connectivity index (χ3n) is 4.94. The number of carbonyl (C=O) groups is 1. The standard InChI is InChI=1S/C20H15BrFN3OS/c21-12-4-5-15(14(22)8-12)25-16-2-1-3-17(26)19(16)18(11-6-7-27-10-11)13(9-23)20(25)24/h4-8,10,18H,1-3,24H2/t18-/m0/s1. The zero-order chi connectivity index (χ0) is 19.1. The molecule has 1 aromatic carbocycles. The van der Waals surface area contributed by atoms with Crippen LogP contribution in [0, 0.1) is 17.1 Å². The number of benzene rings is 1. The fourth-order valence-corrected chi connectivity index (χ4v) is 4.82. The van der Waals surface area contributed by atoms with Gasteiger partial charge in [-0.25, -0.2) is 4.39 Å². The minimum Gasteiger partial charge on any atom is -0.384 e. The monoisotopic (exact) mass is 443 g/mol. The van der Waals surface area contributed by atoms with Crippen LogP contribution in [-0.4, -0.2) is 5.78 Å². The first kappa shape index (κ1) is 18.0. The van der Waals surface area contributed by atoms with Gasteiger partial charge in [0.2, 0.25) is 0 Å². The van der Waals surface area contributed by atoms with E-state index >= 15 is 0 Å². The molecule has 136 valence electrons. The molecule has 0 radical (unpaired) electrons. The average molecular weight is 444 g/mol. The van der Waals surface area contributed by atoms with E-state index in [1.807, 2.05) is 16.8 Å². The smallest absolute Gasteiger partial charge is 0.161 e. The Morgan fingerprint density at radius 2 is 2.15 bits per heavy atom. The number of carbonyl (C=O) groups excluding carboxylic acids is 1. The largest absolute Gasteiger partial charge is 0.384 e. The lowest BCUT2D eigenvalue weighted by Gasteiger charge is -2.39. The number of ketones is 1. The zero-order valence-corrected chi connectivity index (χ0v) is 16.6. The minimum atomic E-state index is -0.487. The fourth-order valence-electron chi connectivity index (χ4n) is 3.80. The van der Waals surface area contributed by atoms with Crippen LogP contribution in [0.3, 0.4) is 0 Å². The Hall–Kier alpha value is -2.43. The molecule has 4 nitrogen and oxygen atoms in total. The number of nitrogens with zero attached hydrogens (tertiary/aromatic N) is 2. The van der Waals surface area contributed by atoms with Gasteiger partial charge in [0.05, 0.1) is 23.2 Å². The maximum Gasteiger partial charge on any atom is 0.161 e. The molecule has 0 spiro atoms. The van der Waals surface area contributed by atoms with E-state index in [2.05, 4.69) is 22.0 Å². The lowest BCUT2D eigenvalue weighted by Crippen LogP contribution is -2.39. The second-order valence-electron chi connectivity index (χ2n) is 6.47. The summed E-state index contributed by atoms with van der Waals surface area (Å²) in [6.45, 7) is 0. The van der Waals surface area contributed by atoms with Crippen LogP contribution in [0.4, 0.5) is 10.1 Å². The number of nitrogens with two attached hydrogens (primary N) is 1. The van der Waals surface area contributed by atoms with Crippen molar-refractivity contribution in [1.29, 1.82) is 5.26 Å². The maximum absolute atomic E-state index is 14.7. The number of hydrogen-bond acceptors (Lipinski definition) is 5. The van der Waals surface area contributed by atoms with Gasteiger partial charge < -0.3 is 5.73 Å². The van der Waals surface area contributed by atoms with E-state index < -0.39 is 11.7 Å². The van der Waals surface area contributed by atoms with E-state index in [4.69, 9.17) is 5.73 Å². The van der Waals surface area contributed by atoms with Gasteiger partial charge in [-0.05, 0) is 53.4 Å². The molecule has 0 saturated heterocycles. The molecule has 1 aliphatic carbocycles. The highest BCUT2D eigenvalue weighted by Gasteiger charge is 2.40. The summed E-state index contributed by atoms with van der Waals surface area (Å²) in [5.74, 6) is -0.777. The molecule has 0 bridgehead atoms. The van der Waals surface area contributed by atoms with Crippen LogP contribution >= 0.6 is 27.3 Å². The number of anilines is 1. The first-order chi connectivity index (χ1) is 13.0. The Morgan fingerprint density at radius 1 is 1.33 bits per heavy atom. The number of rotatable bonds is 2. The molecule has 2 aliphatic rings. The number of nitriles is 1. The van der Waals surface area contributed by atoms with Crippen LogP contribution in [0.25, 0.3) is 0 Å². The molecule has 0 amide bonds. The highest BCUT2D eigenvalue weighted by Crippen LogP contribution is 2.47. The molecule has 0 fully saturated rings. The molecule has 1 atom stereocenters. The molecule has 27 heavy (non-hydrogen) atoms. The predicted octanol–water partition coefficient (Wildman–Crippen LogP) is 4.95. The summed E-state index contributed by atoms with van der Waals surface area (Å²) in [7, 11) is 0. The number of halogens is 2. The van der Waals surface area contributed by atoms with Gasteiger partial charge >= 0.3 is 0 Å². The summed E-state index contributed by atoms with van der Waals surface area (Å²) in [6.07, 6.45) is 1.71. The van der Waals surface area contributed by atoms with E-state index in [0.29, 0.717) is 35.0 Å². The fraction of sp³-hybridized carbons (Fsp3) is 0.200. The van der Waals surface area contributed by atoms with E-state index in [0.717, 1.165) is 5.56 Å². The quantitative estimate of drug-likeness (QED) is 0.712. The number of Topliss-reactive ketones (excluding diaryl/α,β-unsaturated/α-hetero) is 1. The summed E-state index contributed by atoms with van der Waals surface area (Å²) in [4.78, 5) is 14.4. The summed E-state index contributed by atoms with van der Waals surface area (Å²) < 4.78 is 15.3. The first-order valence-corrected chi connectivity index (χ1v) is 10.2. The van der Waals surface area contributed by atoms with Crippen LogP contribution in [0.5, 0.6) is 0 Å². The van der Waals surface area contributed by atoms with E-state index in [-0.39, 0.29) is 22.9 Å². The number of hydrogen-bond donors (Lipinski definition) is 1. The molecule has 2 aromatic rings. The van der Waals surface area contributed by atoms with Crippen molar-refractivity contribution in [3.63, 3.8) is 0 Å². The van der Waals surface area contributed by atoms with E-state index in [1.54, 1.807) is 17.0 Å². The third kappa shape index (κ3) is 2.89. The highest BCUT2D eigenvalue weighted by atomic mass is 79.9. The zero-order valence-electron chi connectivity index (χ0n) is 14.2. The normalized spacial score (nSPS) is 20.0. The Morgan fingerprint density at radius 3 is 2.81 bits per heavy atom. The van der Waals surface area contributed by atoms with Crippen molar-refractivity contribution < 1.29 is 9.18 Å². The van der Waals surface area contributed by atoms with E-state index in [1.165, 1.54) is 17.4 Å². The average Bonchev–Trinajstić information content (AvgIpc) is 3.16. The van der Waals surface area contributed by atoms with Crippen molar-refractivity contribution in [1.82, 2.24) is 0 Å². The van der Waals surface area contributed by atoms with Gasteiger partial charge in [0.15, 0.2) is 5.78 Å². The van der Waals surface area contributed by atoms with Crippen molar-refractivity contribution >= 4 is 38.7 Å². The Bertz CT molecular complexity index is 1040. The first-order valence-electron chi connectivity index (χ1n) is 8.46. The molecule has 2 N–H and O–H groups in total. The molecule has 0 saturated carbocycles. The van der Waals surface area contributed by atoms with Gasteiger partial charge in [0, 0.05) is 22.2 Å². The summed E-state index contributed by atoms with van der Waals surface area (Å²) >= 11 is 4.76. The van der Waals surface area contributed by atoms with Gasteiger partial charge in [-0.3, -0.25) is 9.69 Å². The number of thiophene rings is 1. The predicted molar refractivity (Wildman–Crippen MR) is 106 cm³/mol.